The molecule has 1 heterocycles. The van der Waals surface area contributed by atoms with Crippen LogP contribution in [0.25, 0.3) is 0 Å². The van der Waals surface area contributed by atoms with Gasteiger partial charge in [0, 0.05) is 9.37 Å². The van der Waals surface area contributed by atoms with Crippen molar-refractivity contribution < 1.29 is 9.63 Å². The standard InChI is InChI=1S/C14H17BrN2O2S/c1-9(2)11(18)7-14-16-13(17-19-14)8-20-12-6-4-3-5-10(12)15/h3-6,9,11,18H,7-8H2,1-2H3. The maximum Gasteiger partial charge on any atom is 0.229 e. The van der Waals surface area contributed by atoms with Crippen molar-refractivity contribution in [2.75, 3.05) is 0 Å². The molecule has 1 atom stereocenters. The molecule has 0 spiro atoms. The van der Waals surface area contributed by atoms with Crippen LogP contribution >= 0.6 is 27.7 Å². The Morgan fingerprint density at radius 1 is 1.35 bits per heavy atom. The Hall–Kier alpha value is -0.850. The van der Waals surface area contributed by atoms with E-state index in [4.69, 9.17) is 4.52 Å². The minimum atomic E-state index is -0.445. The van der Waals surface area contributed by atoms with Crippen molar-refractivity contribution in [1.29, 1.82) is 0 Å². The van der Waals surface area contributed by atoms with E-state index in [1.807, 2.05) is 38.1 Å². The normalized spacial score (nSPS) is 12.8. The molecule has 0 amide bonds. The Bertz CT molecular complexity index is 560. The summed E-state index contributed by atoms with van der Waals surface area (Å²) in [6.07, 6.45) is -0.0381. The molecule has 0 saturated carbocycles. The lowest BCUT2D eigenvalue weighted by Crippen LogP contribution is -2.17. The van der Waals surface area contributed by atoms with Crippen molar-refractivity contribution in [2.24, 2.45) is 5.92 Å². The molecule has 0 aliphatic rings. The Morgan fingerprint density at radius 2 is 2.10 bits per heavy atom. The van der Waals surface area contributed by atoms with Gasteiger partial charge in [0.1, 0.15) is 0 Å². The van der Waals surface area contributed by atoms with Gasteiger partial charge in [0.05, 0.1) is 18.3 Å². The lowest BCUT2D eigenvalue weighted by atomic mass is 10.0. The first-order valence-electron chi connectivity index (χ1n) is 6.43. The number of hydrogen-bond donors (Lipinski definition) is 1. The van der Waals surface area contributed by atoms with Crippen LogP contribution in [0.4, 0.5) is 0 Å². The fourth-order valence-electron chi connectivity index (χ4n) is 1.55. The van der Waals surface area contributed by atoms with Crippen molar-refractivity contribution in [1.82, 2.24) is 10.1 Å². The number of aliphatic hydroxyl groups excluding tert-OH is 1. The van der Waals surface area contributed by atoms with Crippen molar-refractivity contribution in [3.63, 3.8) is 0 Å². The molecular formula is C14H17BrN2O2S. The lowest BCUT2D eigenvalue weighted by molar-refractivity contribution is 0.116. The highest BCUT2D eigenvalue weighted by Crippen LogP contribution is 2.29. The second kappa shape index (κ2) is 7.24. The monoisotopic (exact) mass is 356 g/mol. The zero-order valence-electron chi connectivity index (χ0n) is 11.4. The molecule has 2 rings (SSSR count). The average Bonchev–Trinajstić information content (AvgIpc) is 2.85. The first kappa shape index (κ1) is 15.5. The predicted molar refractivity (Wildman–Crippen MR) is 82.5 cm³/mol. The second-order valence-corrected chi connectivity index (χ2v) is 6.71. The first-order chi connectivity index (χ1) is 9.56. The van der Waals surface area contributed by atoms with E-state index in [0.29, 0.717) is 23.9 Å². The minimum Gasteiger partial charge on any atom is -0.392 e. The van der Waals surface area contributed by atoms with E-state index in [1.165, 1.54) is 0 Å². The minimum absolute atomic E-state index is 0.181. The lowest BCUT2D eigenvalue weighted by Gasteiger charge is -2.10. The molecule has 0 aliphatic carbocycles. The third-order valence-corrected chi connectivity index (χ3v) is 4.88. The molecule has 20 heavy (non-hydrogen) atoms. The quantitative estimate of drug-likeness (QED) is 0.799. The summed E-state index contributed by atoms with van der Waals surface area (Å²) in [7, 11) is 0. The van der Waals surface area contributed by atoms with Gasteiger partial charge >= 0.3 is 0 Å². The molecule has 108 valence electrons. The van der Waals surface area contributed by atoms with E-state index in [1.54, 1.807) is 11.8 Å². The average molecular weight is 357 g/mol. The van der Waals surface area contributed by atoms with E-state index in [9.17, 15) is 5.11 Å². The van der Waals surface area contributed by atoms with E-state index in [0.717, 1.165) is 9.37 Å². The molecule has 6 heteroatoms. The number of nitrogens with zero attached hydrogens (tertiary/aromatic N) is 2. The Kier molecular flexibility index (Phi) is 5.63. The van der Waals surface area contributed by atoms with Crippen molar-refractivity contribution in [3.05, 3.63) is 40.5 Å². The third-order valence-electron chi connectivity index (χ3n) is 2.86. The molecule has 1 unspecified atom stereocenters. The molecule has 2 aromatic rings. The molecule has 1 aromatic carbocycles. The summed E-state index contributed by atoms with van der Waals surface area (Å²) in [6.45, 7) is 3.93. The van der Waals surface area contributed by atoms with Crippen LogP contribution in [0.2, 0.25) is 0 Å². The van der Waals surface area contributed by atoms with E-state index in [2.05, 4.69) is 26.1 Å². The van der Waals surface area contributed by atoms with Crippen LogP contribution in [0.3, 0.4) is 0 Å². The van der Waals surface area contributed by atoms with Crippen LogP contribution in [0.5, 0.6) is 0 Å². The highest BCUT2D eigenvalue weighted by molar-refractivity contribution is 9.10. The molecule has 1 aromatic heterocycles. The van der Waals surface area contributed by atoms with E-state index >= 15 is 0 Å². The molecule has 0 saturated heterocycles. The number of aromatic nitrogens is 2. The second-order valence-electron chi connectivity index (χ2n) is 4.84. The van der Waals surface area contributed by atoms with Gasteiger partial charge in [-0.15, -0.1) is 11.8 Å². The number of thioether (sulfide) groups is 1. The Balaban J connectivity index is 1.92. The van der Waals surface area contributed by atoms with Gasteiger partial charge in [0.15, 0.2) is 5.82 Å². The molecule has 0 aliphatic heterocycles. The number of rotatable bonds is 6. The first-order valence-corrected chi connectivity index (χ1v) is 8.21. The SMILES string of the molecule is CC(C)C(O)Cc1nc(CSc2ccccc2Br)no1. The maximum atomic E-state index is 9.79. The van der Waals surface area contributed by atoms with Crippen LogP contribution in [0.1, 0.15) is 25.6 Å². The fraction of sp³-hybridized carbons (Fsp3) is 0.429. The number of benzene rings is 1. The topological polar surface area (TPSA) is 59.2 Å². The molecule has 4 nitrogen and oxygen atoms in total. The summed E-state index contributed by atoms with van der Waals surface area (Å²) in [5.41, 5.74) is 0. The van der Waals surface area contributed by atoms with Crippen LogP contribution < -0.4 is 0 Å². The van der Waals surface area contributed by atoms with E-state index in [-0.39, 0.29) is 5.92 Å². The van der Waals surface area contributed by atoms with Gasteiger partial charge in [-0.25, -0.2) is 0 Å². The van der Waals surface area contributed by atoms with Crippen LogP contribution in [0, 0.1) is 5.92 Å². The van der Waals surface area contributed by atoms with Gasteiger partial charge in [-0.3, -0.25) is 0 Å². The number of aliphatic hydroxyl groups is 1. The van der Waals surface area contributed by atoms with Gasteiger partial charge in [0.2, 0.25) is 5.89 Å². The summed E-state index contributed by atoms with van der Waals surface area (Å²) in [5, 5.41) is 13.7. The predicted octanol–water partition coefficient (Wildman–Crippen LogP) is 3.68. The highest BCUT2D eigenvalue weighted by atomic mass is 79.9. The third kappa shape index (κ3) is 4.33. The smallest absolute Gasteiger partial charge is 0.229 e. The van der Waals surface area contributed by atoms with Crippen molar-refractivity contribution in [2.45, 2.75) is 37.0 Å². The summed E-state index contributed by atoms with van der Waals surface area (Å²) in [6, 6.07) is 8.02. The zero-order valence-corrected chi connectivity index (χ0v) is 13.8. The maximum absolute atomic E-state index is 9.79. The summed E-state index contributed by atoms with van der Waals surface area (Å²) >= 11 is 5.15. The van der Waals surface area contributed by atoms with Gasteiger partial charge < -0.3 is 9.63 Å². The summed E-state index contributed by atoms with van der Waals surface area (Å²) < 4.78 is 6.22. The van der Waals surface area contributed by atoms with Gasteiger partial charge in [-0.2, -0.15) is 4.98 Å². The molecule has 0 radical (unpaired) electrons. The van der Waals surface area contributed by atoms with E-state index < -0.39 is 6.10 Å². The molecule has 1 N–H and O–H groups in total. The number of hydrogen-bond acceptors (Lipinski definition) is 5. The summed E-state index contributed by atoms with van der Waals surface area (Å²) in [4.78, 5) is 5.44. The van der Waals surface area contributed by atoms with Crippen molar-refractivity contribution in [3.8, 4) is 0 Å². The zero-order chi connectivity index (χ0) is 14.5. The van der Waals surface area contributed by atoms with Gasteiger partial charge in [0.25, 0.3) is 0 Å². The van der Waals surface area contributed by atoms with Crippen LogP contribution in [0.15, 0.2) is 38.2 Å². The Morgan fingerprint density at radius 3 is 2.80 bits per heavy atom. The molecular weight excluding hydrogens is 340 g/mol. The van der Waals surface area contributed by atoms with Crippen molar-refractivity contribution >= 4 is 27.7 Å². The largest absolute Gasteiger partial charge is 0.392 e. The number of halogens is 1. The van der Waals surface area contributed by atoms with Crippen LogP contribution in [-0.2, 0) is 12.2 Å². The molecule has 0 bridgehead atoms. The van der Waals surface area contributed by atoms with Gasteiger partial charge in [-0.1, -0.05) is 31.1 Å². The fourth-order valence-corrected chi connectivity index (χ4v) is 2.96. The Labute approximate surface area is 131 Å². The van der Waals surface area contributed by atoms with Gasteiger partial charge in [-0.05, 0) is 34.0 Å². The van der Waals surface area contributed by atoms with Crippen LogP contribution in [-0.4, -0.2) is 21.4 Å². The summed E-state index contributed by atoms with van der Waals surface area (Å²) in [5.74, 6) is 1.97. The highest BCUT2D eigenvalue weighted by Gasteiger charge is 2.15. The molecule has 0 fully saturated rings.